The van der Waals surface area contributed by atoms with Crippen LogP contribution in [0.4, 0.5) is 13.2 Å². The summed E-state index contributed by atoms with van der Waals surface area (Å²) < 4.78 is 33.3. The number of hydrogen-bond acceptors (Lipinski definition) is 4. The quantitative estimate of drug-likeness (QED) is 0.604. The van der Waals surface area contributed by atoms with E-state index in [1.807, 2.05) is 12.1 Å². The molecule has 28 heavy (non-hydrogen) atoms. The summed E-state index contributed by atoms with van der Waals surface area (Å²) in [6, 6.07) is 7.19. The second-order valence-corrected chi connectivity index (χ2v) is 5.93. The van der Waals surface area contributed by atoms with Gasteiger partial charge in [0.1, 0.15) is 11.5 Å². The molecule has 0 atom stereocenters. The van der Waals surface area contributed by atoms with Gasteiger partial charge in [-0.25, -0.2) is 9.78 Å². The first-order valence-electron chi connectivity index (χ1n) is 7.78. The number of nitrogens with one attached hydrogen (secondary N) is 2. The number of benzene rings is 1. The molecule has 0 aliphatic heterocycles. The van der Waals surface area contributed by atoms with E-state index >= 15 is 0 Å². The topological polar surface area (TPSA) is 113 Å². The Bertz CT molecular complexity index is 983. The number of carboxylic acid groups (broad SMARTS) is 1. The van der Waals surface area contributed by atoms with Gasteiger partial charge in [-0.1, -0.05) is 11.6 Å². The van der Waals surface area contributed by atoms with Crippen molar-refractivity contribution in [2.24, 2.45) is 7.05 Å². The summed E-state index contributed by atoms with van der Waals surface area (Å²) in [5.41, 5.74) is 2.30. The first kappa shape index (κ1) is 21.2. The van der Waals surface area contributed by atoms with E-state index in [0.29, 0.717) is 23.7 Å². The number of fused-ring (bicyclic) bond motifs is 1. The van der Waals surface area contributed by atoms with Crippen LogP contribution in [0.3, 0.4) is 0 Å². The van der Waals surface area contributed by atoms with Crippen molar-refractivity contribution in [1.29, 1.82) is 0 Å². The van der Waals surface area contributed by atoms with Crippen LogP contribution in [0.2, 0.25) is 5.02 Å². The molecule has 0 bridgehead atoms. The number of nitrogens with zero attached hydrogens (tertiary/aromatic N) is 3. The second kappa shape index (κ2) is 8.74. The molecule has 3 rings (SSSR count). The Morgan fingerprint density at radius 3 is 2.57 bits per heavy atom. The fraction of sp³-hybridized carbons (Fsp3) is 0.250. The van der Waals surface area contributed by atoms with Crippen molar-refractivity contribution >= 4 is 34.5 Å². The van der Waals surface area contributed by atoms with E-state index in [9.17, 15) is 18.0 Å². The van der Waals surface area contributed by atoms with Gasteiger partial charge in [0.15, 0.2) is 0 Å². The SMILES string of the molecule is Cn1nccc1C(=O)NCCc1nc2ccc(Cl)cc2[nH]1.O=C(O)C(F)(F)F. The zero-order chi connectivity index (χ0) is 20.9. The van der Waals surface area contributed by atoms with Crippen LogP contribution >= 0.6 is 11.6 Å². The molecule has 0 spiro atoms. The number of aryl methyl sites for hydroxylation is 1. The number of alkyl halides is 3. The fourth-order valence-corrected chi connectivity index (χ4v) is 2.31. The number of rotatable bonds is 4. The number of aliphatic carboxylic acids is 1. The molecule has 3 N–H and O–H groups in total. The van der Waals surface area contributed by atoms with E-state index in [1.165, 1.54) is 0 Å². The minimum Gasteiger partial charge on any atom is -0.475 e. The first-order valence-corrected chi connectivity index (χ1v) is 8.16. The third-order valence-electron chi connectivity index (χ3n) is 3.44. The second-order valence-electron chi connectivity index (χ2n) is 5.49. The lowest BCUT2D eigenvalue weighted by Crippen LogP contribution is -2.27. The summed E-state index contributed by atoms with van der Waals surface area (Å²) in [5, 5.41) is 14.6. The largest absolute Gasteiger partial charge is 0.490 e. The molecule has 2 aromatic heterocycles. The molecule has 0 fully saturated rings. The summed E-state index contributed by atoms with van der Waals surface area (Å²) in [6.07, 6.45) is -2.87. The van der Waals surface area contributed by atoms with Crippen molar-refractivity contribution in [2.75, 3.05) is 6.54 Å². The van der Waals surface area contributed by atoms with Crippen LogP contribution in [-0.2, 0) is 18.3 Å². The number of aromatic amines is 1. The molecule has 0 saturated carbocycles. The normalized spacial score (nSPS) is 11.0. The van der Waals surface area contributed by atoms with Gasteiger partial charge in [0.25, 0.3) is 5.91 Å². The number of carbonyl (C=O) groups excluding carboxylic acids is 1. The molecular formula is C16H15ClF3N5O3. The Morgan fingerprint density at radius 2 is 2.00 bits per heavy atom. The molecule has 0 radical (unpaired) electrons. The molecule has 150 valence electrons. The molecule has 3 aromatic rings. The van der Waals surface area contributed by atoms with E-state index in [-0.39, 0.29) is 5.91 Å². The first-order chi connectivity index (χ1) is 13.1. The molecule has 0 unspecified atom stereocenters. The number of aromatic nitrogens is 4. The molecule has 1 amide bonds. The van der Waals surface area contributed by atoms with Gasteiger partial charge in [-0.05, 0) is 24.3 Å². The molecule has 1 aromatic carbocycles. The maximum atomic E-state index is 11.9. The van der Waals surface area contributed by atoms with E-state index in [1.54, 1.807) is 30.1 Å². The summed E-state index contributed by atoms with van der Waals surface area (Å²) in [5.74, 6) is -2.08. The molecule has 12 heteroatoms. The van der Waals surface area contributed by atoms with Crippen molar-refractivity contribution in [2.45, 2.75) is 12.6 Å². The maximum Gasteiger partial charge on any atom is 0.490 e. The zero-order valence-electron chi connectivity index (χ0n) is 14.4. The Labute approximate surface area is 161 Å². The van der Waals surface area contributed by atoms with Crippen LogP contribution in [0.15, 0.2) is 30.5 Å². The van der Waals surface area contributed by atoms with Crippen LogP contribution in [0, 0.1) is 0 Å². The van der Waals surface area contributed by atoms with Crippen molar-refractivity contribution < 1.29 is 27.9 Å². The van der Waals surface area contributed by atoms with Gasteiger partial charge < -0.3 is 15.4 Å². The standard InChI is InChI=1S/C14H14ClN5O.C2HF3O2/c1-20-12(4-7-17-20)14(21)16-6-5-13-18-10-3-2-9(15)8-11(10)19-13;3-2(4,5)1(6)7/h2-4,7-8H,5-6H2,1H3,(H,16,21)(H,18,19);(H,6,7). The number of H-pyrrole nitrogens is 1. The van der Waals surface area contributed by atoms with Crippen molar-refractivity contribution in [1.82, 2.24) is 25.1 Å². The van der Waals surface area contributed by atoms with Crippen LogP contribution in [-0.4, -0.2) is 49.5 Å². The molecule has 0 saturated heterocycles. The number of amides is 1. The number of carbonyl (C=O) groups is 2. The Morgan fingerprint density at radius 1 is 1.32 bits per heavy atom. The highest BCUT2D eigenvalue weighted by atomic mass is 35.5. The van der Waals surface area contributed by atoms with Gasteiger partial charge in [0.2, 0.25) is 0 Å². The number of hydrogen-bond donors (Lipinski definition) is 3. The van der Waals surface area contributed by atoms with Crippen LogP contribution in [0.5, 0.6) is 0 Å². The van der Waals surface area contributed by atoms with Crippen LogP contribution in [0.25, 0.3) is 11.0 Å². The summed E-state index contributed by atoms with van der Waals surface area (Å²) in [6.45, 7) is 0.498. The van der Waals surface area contributed by atoms with Crippen LogP contribution in [0.1, 0.15) is 16.3 Å². The fourth-order valence-electron chi connectivity index (χ4n) is 2.13. The monoisotopic (exact) mass is 417 g/mol. The Hall–Kier alpha value is -3.08. The molecule has 2 heterocycles. The van der Waals surface area contributed by atoms with Gasteiger partial charge in [-0.15, -0.1) is 0 Å². The minimum absolute atomic E-state index is 0.144. The number of carboxylic acids is 1. The minimum atomic E-state index is -5.08. The average molecular weight is 418 g/mol. The van der Waals surface area contributed by atoms with E-state index in [2.05, 4.69) is 20.4 Å². The Kier molecular flexibility index (Phi) is 6.62. The number of halogens is 4. The molecular weight excluding hydrogens is 403 g/mol. The van der Waals surface area contributed by atoms with Gasteiger partial charge in [-0.2, -0.15) is 18.3 Å². The lowest BCUT2D eigenvalue weighted by molar-refractivity contribution is -0.192. The van der Waals surface area contributed by atoms with Crippen molar-refractivity contribution in [3.8, 4) is 0 Å². The smallest absolute Gasteiger partial charge is 0.475 e. The average Bonchev–Trinajstić information content (AvgIpc) is 3.19. The maximum absolute atomic E-state index is 11.9. The molecule has 8 nitrogen and oxygen atoms in total. The van der Waals surface area contributed by atoms with E-state index in [0.717, 1.165) is 16.9 Å². The summed E-state index contributed by atoms with van der Waals surface area (Å²) in [7, 11) is 1.73. The Balaban J connectivity index is 0.000000345. The highest BCUT2D eigenvalue weighted by Crippen LogP contribution is 2.17. The predicted molar refractivity (Wildman–Crippen MR) is 94.0 cm³/mol. The lowest BCUT2D eigenvalue weighted by atomic mass is 10.3. The van der Waals surface area contributed by atoms with Gasteiger partial charge in [0, 0.05) is 31.2 Å². The lowest BCUT2D eigenvalue weighted by Gasteiger charge is -2.03. The van der Waals surface area contributed by atoms with Gasteiger partial charge >= 0.3 is 12.1 Å². The summed E-state index contributed by atoms with van der Waals surface area (Å²) >= 11 is 5.93. The molecule has 0 aliphatic rings. The van der Waals surface area contributed by atoms with Crippen molar-refractivity contribution in [3.05, 3.63) is 47.0 Å². The highest BCUT2D eigenvalue weighted by Gasteiger charge is 2.38. The number of imidazole rings is 1. The van der Waals surface area contributed by atoms with Crippen LogP contribution < -0.4 is 5.32 Å². The third kappa shape index (κ3) is 5.71. The predicted octanol–water partition coefficient (Wildman–Crippen LogP) is 2.56. The van der Waals surface area contributed by atoms with E-state index < -0.39 is 12.1 Å². The third-order valence-corrected chi connectivity index (χ3v) is 3.67. The van der Waals surface area contributed by atoms with Gasteiger partial charge in [-0.3, -0.25) is 9.48 Å². The molecule has 0 aliphatic carbocycles. The van der Waals surface area contributed by atoms with Gasteiger partial charge in [0.05, 0.1) is 11.0 Å². The zero-order valence-corrected chi connectivity index (χ0v) is 15.2. The van der Waals surface area contributed by atoms with E-state index in [4.69, 9.17) is 21.5 Å². The highest BCUT2D eigenvalue weighted by molar-refractivity contribution is 6.31. The van der Waals surface area contributed by atoms with Crippen molar-refractivity contribution in [3.63, 3.8) is 0 Å². The summed E-state index contributed by atoms with van der Waals surface area (Å²) in [4.78, 5) is 28.4.